The quantitative estimate of drug-likeness (QED) is 0.303. The molecule has 0 aromatic heterocycles. The topological polar surface area (TPSA) is 142 Å². The van der Waals surface area contributed by atoms with Crippen LogP contribution in [0.5, 0.6) is 0 Å². The van der Waals surface area contributed by atoms with Crippen LogP contribution in [0, 0.1) is 0 Å². The van der Waals surface area contributed by atoms with Crippen molar-refractivity contribution in [2.24, 2.45) is 0 Å². The smallest absolute Gasteiger partial charge is 2.00 e. The minimum Gasteiger partial charge on any atom is -2.00 e. The minimum absolute atomic E-state index is 0. The zero-order chi connectivity index (χ0) is 0. The predicted molar refractivity (Wildman–Crippen MR) is 14.9 cm³/mol. The summed E-state index contributed by atoms with van der Waals surface area (Å²) in [5, 5.41) is 0. The molecule has 0 aromatic carbocycles. The SMILES string of the molecule is [Bi].[Bi].[O-2].[O-2].[O-2].[O-2].[O-2].[V+5].[V+5]. The van der Waals surface area contributed by atoms with Crippen LogP contribution < -0.4 is 0 Å². The Kier molecular flexibility index (Phi) is 2730. The van der Waals surface area contributed by atoms with Crippen molar-refractivity contribution in [3.05, 3.63) is 0 Å². The average Bonchev–Trinajstić information content (AvgIpc) is 0. The predicted octanol–water partition coefficient (Wildman–Crippen LogP) is -1.36. The molecule has 6 radical (unpaired) electrons. The maximum Gasteiger partial charge on any atom is 5.00 e. The average molecular weight is 600 g/mol. The van der Waals surface area contributed by atoms with Gasteiger partial charge in [-0.25, -0.2) is 0 Å². The first-order valence-electron chi connectivity index (χ1n) is 0. The molecule has 0 amide bonds. The second-order valence-corrected chi connectivity index (χ2v) is 0. The van der Waals surface area contributed by atoms with Gasteiger partial charge in [0, 0.05) is 52.4 Å². The monoisotopic (exact) mass is 600 g/mol. The Morgan fingerprint density at radius 1 is 0.333 bits per heavy atom. The van der Waals surface area contributed by atoms with Crippen LogP contribution in [0.1, 0.15) is 0 Å². The van der Waals surface area contributed by atoms with Crippen LogP contribution in [0.3, 0.4) is 0 Å². The summed E-state index contributed by atoms with van der Waals surface area (Å²) in [6.45, 7) is 0. The standard InChI is InChI=1S/2Bi.5O.2V/q;;5*-2;2*+5. The van der Waals surface area contributed by atoms with Crippen molar-refractivity contribution in [3.8, 4) is 0 Å². The van der Waals surface area contributed by atoms with E-state index in [2.05, 4.69) is 0 Å². The van der Waals surface area contributed by atoms with E-state index in [0.717, 1.165) is 0 Å². The molecule has 9 heteroatoms. The molecule has 0 saturated heterocycles. The fraction of sp³-hybridized carbons (Fsp3) is 0. The minimum atomic E-state index is 0. The van der Waals surface area contributed by atoms with Crippen LogP contribution in [0.4, 0.5) is 0 Å². The van der Waals surface area contributed by atoms with Crippen LogP contribution >= 0.6 is 0 Å². The van der Waals surface area contributed by atoms with Crippen molar-refractivity contribution in [2.45, 2.75) is 0 Å². The Hall–Kier alpha value is 2.74. The van der Waals surface area contributed by atoms with E-state index in [9.17, 15) is 0 Å². The molecule has 0 fully saturated rings. The van der Waals surface area contributed by atoms with Gasteiger partial charge in [0.15, 0.2) is 0 Å². The molecule has 0 saturated carbocycles. The molecule has 0 spiro atoms. The van der Waals surface area contributed by atoms with Crippen LogP contribution in [-0.2, 0) is 64.5 Å². The molecule has 0 rings (SSSR count). The third-order valence-electron chi connectivity index (χ3n) is 0. The first kappa shape index (κ1) is 181. The maximum atomic E-state index is 0. The second-order valence-electron chi connectivity index (χ2n) is 0. The van der Waals surface area contributed by atoms with E-state index in [4.69, 9.17) is 0 Å². The van der Waals surface area contributed by atoms with Crippen molar-refractivity contribution in [2.75, 3.05) is 0 Å². The molecule has 0 N–H and O–H groups in total. The Balaban J connectivity index is 0. The third kappa shape index (κ3) is 109. The van der Waals surface area contributed by atoms with Gasteiger partial charge in [0.05, 0.1) is 0 Å². The second kappa shape index (κ2) is 136. The molecule has 0 aliphatic carbocycles. The number of hydrogen-bond donors (Lipinski definition) is 0. The Morgan fingerprint density at radius 3 is 0.333 bits per heavy atom. The summed E-state index contributed by atoms with van der Waals surface area (Å²) in [6, 6.07) is 0. The summed E-state index contributed by atoms with van der Waals surface area (Å²) in [5.41, 5.74) is 0. The Labute approximate surface area is 115 Å². The first-order chi connectivity index (χ1) is 0. The van der Waals surface area contributed by atoms with Crippen LogP contribution in [0.25, 0.3) is 0 Å². The van der Waals surface area contributed by atoms with Crippen molar-refractivity contribution >= 4 is 52.4 Å². The van der Waals surface area contributed by atoms with Crippen molar-refractivity contribution in [1.82, 2.24) is 0 Å². The number of hydrogen-bond acceptors (Lipinski definition) is 0. The van der Waals surface area contributed by atoms with E-state index in [1.54, 1.807) is 0 Å². The Morgan fingerprint density at radius 2 is 0.333 bits per heavy atom. The van der Waals surface area contributed by atoms with E-state index >= 15 is 0 Å². The molecular weight excluding hydrogens is 600 g/mol. The van der Waals surface area contributed by atoms with E-state index < -0.39 is 0 Å². The fourth-order valence-corrected chi connectivity index (χ4v) is 0. The van der Waals surface area contributed by atoms with Gasteiger partial charge in [-0.2, -0.15) is 0 Å². The first-order valence-corrected chi connectivity index (χ1v) is 0. The molecule has 0 unspecified atom stereocenters. The normalized spacial score (nSPS) is 0. The fourth-order valence-electron chi connectivity index (χ4n) is 0. The van der Waals surface area contributed by atoms with E-state index in [-0.39, 0.29) is 117 Å². The van der Waals surface area contributed by atoms with Crippen LogP contribution in [-0.4, -0.2) is 52.4 Å². The molecule has 50 valence electrons. The molecule has 0 aliphatic rings. The zero-order valence-corrected chi connectivity index (χ0v) is 13.6. The van der Waals surface area contributed by atoms with Gasteiger partial charge in [-0.3, -0.25) is 0 Å². The van der Waals surface area contributed by atoms with Crippen molar-refractivity contribution in [1.29, 1.82) is 0 Å². The van der Waals surface area contributed by atoms with Crippen LogP contribution in [0.15, 0.2) is 0 Å². The van der Waals surface area contributed by atoms with Gasteiger partial charge in [0.2, 0.25) is 0 Å². The van der Waals surface area contributed by atoms with Gasteiger partial charge in [-0.15, -0.1) is 0 Å². The maximum absolute atomic E-state index is 0. The largest absolute Gasteiger partial charge is 5.00 e. The molecule has 0 aliphatic heterocycles. The van der Waals surface area contributed by atoms with Gasteiger partial charge < -0.3 is 27.4 Å². The summed E-state index contributed by atoms with van der Waals surface area (Å²) in [4.78, 5) is 0. The van der Waals surface area contributed by atoms with Crippen LogP contribution in [0.2, 0.25) is 0 Å². The summed E-state index contributed by atoms with van der Waals surface area (Å²) in [5.74, 6) is 0. The van der Waals surface area contributed by atoms with Gasteiger partial charge in [0.25, 0.3) is 0 Å². The zero-order valence-electron chi connectivity index (χ0n) is 3.83. The third-order valence-corrected chi connectivity index (χ3v) is 0. The van der Waals surface area contributed by atoms with Crippen molar-refractivity contribution in [3.63, 3.8) is 0 Å². The molecule has 9 heavy (non-hydrogen) atoms. The molecule has 0 bridgehead atoms. The molecule has 0 atom stereocenters. The summed E-state index contributed by atoms with van der Waals surface area (Å²) >= 11 is 0. The van der Waals surface area contributed by atoms with Gasteiger partial charge in [0.1, 0.15) is 0 Å². The molecular formula is Bi2O5V2. The van der Waals surface area contributed by atoms with Gasteiger partial charge >= 0.3 is 37.1 Å². The van der Waals surface area contributed by atoms with Gasteiger partial charge in [-0.1, -0.05) is 0 Å². The molecule has 0 heterocycles. The molecule has 5 nitrogen and oxygen atoms in total. The summed E-state index contributed by atoms with van der Waals surface area (Å²) in [6.07, 6.45) is 0. The summed E-state index contributed by atoms with van der Waals surface area (Å²) < 4.78 is 0. The summed E-state index contributed by atoms with van der Waals surface area (Å²) in [7, 11) is 0. The van der Waals surface area contributed by atoms with E-state index in [1.807, 2.05) is 0 Å². The van der Waals surface area contributed by atoms with Crippen molar-refractivity contribution < 1.29 is 64.5 Å². The number of rotatable bonds is 0. The van der Waals surface area contributed by atoms with Gasteiger partial charge in [-0.05, 0) is 0 Å². The van der Waals surface area contributed by atoms with E-state index in [1.165, 1.54) is 0 Å². The van der Waals surface area contributed by atoms with E-state index in [0.29, 0.717) is 0 Å². The molecule has 0 aromatic rings. The Bertz CT molecular complexity index is 12.9.